The molecule has 3 N–H and O–H groups in total. The molecule has 0 aromatic heterocycles. The van der Waals surface area contributed by atoms with Gasteiger partial charge in [-0.2, -0.15) is 0 Å². The van der Waals surface area contributed by atoms with Crippen molar-refractivity contribution in [3.05, 3.63) is 35.9 Å². The molecular weight excluding hydrogens is 266 g/mol. The van der Waals surface area contributed by atoms with E-state index in [9.17, 15) is 4.79 Å². The third kappa shape index (κ3) is 6.60. The molecule has 1 aromatic carbocycles. The molecule has 116 valence electrons. The predicted molar refractivity (Wildman–Crippen MR) is 83.4 cm³/mol. The second-order valence-electron chi connectivity index (χ2n) is 5.28. The molecule has 2 amide bonds. The van der Waals surface area contributed by atoms with Crippen molar-refractivity contribution in [2.75, 3.05) is 32.8 Å². The molecule has 5 nitrogen and oxygen atoms in total. The Bertz CT molecular complexity index is 405. The zero-order chi connectivity index (χ0) is 14.8. The molecule has 21 heavy (non-hydrogen) atoms. The minimum atomic E-state index is -0.108. The highest BCUT2D eigenvalue weighted by Crippen LogP contribution is 2.03. The van der Waals surface area contributed by atoms with E-state index in [1.165, 1.54) is 5.56 Å². The van der Waals surface area contributed by atoms with Crippen molar-refractivity contribution >= 4 is 6.03 Å². The minimum Gasteiger partial charge on any atom is -0.374 e. The van der Waals surface area contributed by atoms with Crippen LogP contribution in [0.5, 0.6) is 0 Å². The van der Waals surface area contributed by atoms with Gasteiger partial charge >= 0.3 is 6.03 Å². The maximum Gasteiger partial charge on any atom is 0.314 e. The topological polar surface area (TPSA) is 62.4 Å². The lowest BCUT2D eigenvalue weighted by Gasteiger charge is -2.23. The Balaban J connectivity index is 1.47. The molecule has 0 aliphatic carbocycles. The van der Waals surface area contributed by atoms with E-state index in [1.807, 2.05) is 6.07 Å². The second-order valence-corrected chi connectivity index (χ2v) is 5.28. The Morgan fingerprint density at radius 2 is 2.10 bits per heavy atom. The molecule has 1 unspecified atom stereocenters. The van der Waals surface area contributed by atoms with Crippen molar-refractivity contribution in [1.82, 2.24) is 16.0 Å². The van der Waals surface area contributed by atoms with Gasteiger partial charge in [-0.1, -0.05) is 30.3 Å². The fourth-order valence-corrected chi connectivity index (χ4v) is 2.32. The van der Waals surface area contributed by atoms with Gasteiger partial charge in [-0.25, -0.2) is 4.79 Å². The Hall–Kier alpha value is -1.59. The average molecular weight is 291 g/mol. The number of hydrogen-bond donors (Lipinski definition) is 3. The van der Waals surface area contributed by atoms with E-state index in [-0.39, 0.29) is 12.1 Å². The third-order valence-corrected chi connectivity index (χ3v) is 3.52. The maximum atomic E-state index is 11.6. The van der Waals surface area contributed by atoms with Gasteiger partial charge in [0.1, 0.15) is 0 Å². The Morgan fingerprint density at radius 1 is 1.24 bits per heavy atom. The first-order valence-corrected chi connectivity index (χ1v) is 7.72. The standard InChI is InChI=1S/C16H25N3O2/c20-16(19-13-15-12-17-10-11-21-15)18-9-5-4-8-14-6-2-1-3-7-14/h1-3,6-7,15,17H,4-5,8-13H2,(H2,18,19,20). The molecule has 1 aliphatic rings. The largest absolute Gasteiger partial charge is 0.374 e. The van der Waals surface area contributed by atoms with Crippen molar-refractivity contribution in [1.29, 1.82) is 0 Å². The summed E-state index contributed by atoms with van der Waals surface area (Å²) in [5, 5.41) is 8.97. The van der Waals surface area contributed by atoms with Crippen LogP contribution in [0.25, 0.3) is 0 Å². The van der Waals surface area contributed by atoms with Crippen LogP contribution in [0.15, 0.2) is 30.3 Å². The van der Waals surface area contributed by atoms with Gasteiger partial charge in [0.15, 0.2) is 0 Å². The predicted octanol–water partition coefficient (Wildman–Crippen LogP) is 1.30. The lowest BCUT2D eigenvalue weighted by Crippen LogP contribution is -2.47. The second kappa shape index (κ2) is 9.37. The van der Waals surface area contributed by atoms with Crippen LogP contribution in [-0.4, -0.2) is 44.9 Å². The highest BCUT2D eigenvalue weighted by atomic mass is 16.5. The summed E-state index contributed by atoms with van der Waals surface area (Å²) in [4.78, 5) is 11.6. The number of rotatable bonds is 7. The highest BCUT2D eigenvalue weighted by molar-refractivity contribution is 5.73. The van der Waals surface area contributed by atoms with Crippen LogP contribution in [0, 0.1) is 0 Å². The normalized spacial score (nSPS) is 18.2. The molecule has 1 atom stereocenters. The quantitative estimate of drug-likeness (QED) is 0.664. The molecule has 5 heteroatoms. The molecular formula is C16H25N3O2. The number of nitrogens with one attached hydrogen (secondary N) is 3. The number of amides is 2. The lowest BCUT2D eigenvalue weighted by molar-refractivity contribution is 0.0307. The maximum absolute atomic E-state index is 11.6. The fourth-order valence-electron chi connectivity index (χ4n) is 2.32. The Labute approximate surface area is 126 Å². The Kier molecular flexibility index (Phi) is 7.04. The first kappa shape index (κ1) is 15.8. The molecule has 0 spiro atoms. The summed E-state index contributed by atoms with van der Waals surface area (Å²) in [6.07, 6.45) is 3.22. The fraction of sp³-hybridized carbons (Fsp3) is 0.562. The van der Waals surface area contributed by atoms with E-state index in [1.54, 1.807) is 0 Å². The molecule has 1 saturated heterocycles. The third-order valence-electron chi connectivity index (χ3n) is 3.52. The molecule has 1 aromatic rings. The summed E-state index contributed by atoms with van der Waals surface area (Å²) in [5.41, 5.74) is 1.35. The summed E-state index contributed by atoms with van der Waals surface area (Å²) < 4.78 is 5.52. The van der Waals surface area contributed by atoms with Crippen molar-refractivity contribution in [2.24, 2.45) is 0 Å². The number of benzene rings is 1. The van der Waals surface area contributed by atoms with Crippen LogP contribution in [0.3, 0.4) is 0 Å². The van der Waals surface area contributed by atoms with E-state index in [0.717, 1.165) is 32.4 Å². The highest BCUT2D eigenvalue weighted by Gasteiger charge is 2.13. The number of morpholine rings is 1. The SMILES string of the molecule is O=C(NCCCCc1ccccc1)NCC1CNCCO1. The van der Waals surface area contributed by atoms with Crippen molar-refractivity contribution < 1.29 is 9.53 Å². The van der Waals surface area contributed by atoms with Crippen LogP contribution in [0.2, 0.25) is 0 Å². The smallest absolute Gasteiger partial charge is 0.314 e. The van der Waals surface area contributed by atoms with Gasteiger partial charge < -0.3 is 20.7 Å². The monoisotopic (exact) mass is 291 g/mol. The van der Waals surface area contributed by atoms with Gasteiger partial charge in [-0.05, 0) is 24.8 Å². The summed E-state index contributed by atoms with van der Waals surface area (Å²) in [5.74, 6) is 0. The van der Waals surface area contributed by atoms with Gasteiger partial charge in [0, 0.05) is 26.2 Å². The van der Waals surface area contributed by atoms with E-state index < -0.39 is 0 Å². The number of hydrogen-bond acceptors (Lipinski definition) is 3. The van der Waals surface area contributed by atoms with Crippen LogP contribution in [-0.2, 0) is 11.2 Å². The molecule has 0 radical (unpaired) electrons. The molecule has 1 fully saturated rings. The number of carbonyl (C=O) groups excluding carboxylic acids is 1. The van der Waals surface area contributed by atoms with Gasteiger partial charge in [0.05, 0.1) is 12.7 Å². The van der Waals surface area contributed by atoms with Gasteiger partial charge in [-0.15, -0.1) is 0 Å². The molecule has 1 aliphatic heterocycles. The lowest BCUT2D eigenvalue weighted by atomic mass is 10.1. The summed E-state index contributed by atoms with van der Waals surface area (Å²) in [6, 6.07) is 10.3. The number of carbonyl (C=O) groups is 1. The first-order valence-electron chi connectivity index (χ1n) is 7.72. The zero-order valence-electron chi connectivity index (χ0n) is 12.4. The first-order chi connectivity index (χ1) is 10.3. The summed E-state index contributed by atoms with van der Waals surface area (Å²) in [6.45, 7) is 3.68. The van der Waals surface area contributed by atoms with Crippen molar-refractivity contribution in [2.45, 2.75) is 25.4 Å². The number of aryl methyl sites for hydroxylation is 1. The van der Waals surface area contributed by atoms with Crippen molar-refractivity contribution in [3.8, 4) is 0 Å². The molecule has 2 rings (SSSR count). The van der Waals surface area contributed by atoms with Gasteiger partial charge in [0.25, 0.3) is 0 Å². The van der Waals surface area contributed by atoms with Crippen LogP contribution >= 0.6 is 0 Å². The zero-order valence-corrected chi connectivity index (χ0v) is 12.4. The average Bonchev–Trinajstić information content (AvgIpc) is 2.54. The van der Waals surface area contributed by atoms with E-state index >= 15 is 0 Å². The van der Waals surface area contributed by atoms with E-state index in [2.05, 4.69) is 40.2 Å². The van der Waals surface area contributed by atoms with Gasteiger partial charge in [0.2, 0.25) is 0 Å². The van der Waals surface area contributed by atoms with E-state index in [0.29, 0.717) is 19.7 Å². The Morgan fingerprint density at radius 3 is 2.86 bits per heavy atom. The van der Waals surface area contributed by atoms with Crippen molar-refractivity contribution in [3.63, 3.8) is 0 Å². The van der Waals surface area contributed by atoms with E-state index in [4.69, 9.17) is 4.74 Å². The van der Waals surface area contributed by atoms with Crippen LogP contribution in [0.4, 0.5) is 4.79 Å². The van der Waals surface area contributed by atoms with Crippen LogP contribution < -0.4 is 16.0 Å². The van der Waals surface area contributed by atoms with Gasteiger partial charge in [-0.3, -0.25) is 0 Å². The minimum absolute atomic E-state index is 0.0857. The van der Waals surface area contributed by atoms with Crippen LogP contribution in [0.1, 0.15) is 18.4 Å². The molecule has 0 saturated carbocycles. The molecule has 0 bridgehead atoms. The number of ether oxygens (including phenoxy) is 1. The number of unbranched alkanes of at least 4 members (excludes halogenated alkanes) is 1. The number of urea groups is 1. The molecule has 1 heterocycles. The summed E-state index contributed by atoms with van der Waals surface area (Å²) in [7, 11) is 0. The summed E-state index contributed by atoms with van der Waals surface area (Å²) >= 11 is 0.